The highest BCUT2D eigenvalue weighted by Crippen LogP contribution is 2.40. The molecule has 2 saturated heterocycles. The number of hydrogen-bond donors (Lipinski definition) is 2. The maximum Gasteiger partial charge on any atom is 0.0408 e. The Labute approximate surface area is 354 Å². The third-order valence-electron chi connectivity index (χ3n) is 15.0. The maximum absolute atomic E-state index is 4.42. The Morgan fingerprint density at radius 2 is 0.807 bits per heavy atom. The van der Waals surface area contributed by atoms with Crippen LogP contribution in [0.15, 0.2) is 71.5 Å². The van der Waals surface area contributed by atoms with E-state index in [1.54, 1.807) is 11.1 Å². The summed E-state index contributed by atoms with van der Waals surface area (Å²) in [4.78, 5) is 0. The molecule has 3 aliphatic carbocycles. The van der Waals surface area contributed by atoms with Crippen LogP contribution in [-0.2, 0) is 0 Å². The van der Waals surface area contributed by atoms with E-state index in [0.717, 1.165) is 30.3 Å². The second kappa shape index (κ2) is 30.3. The second-order valence-corrected chi connectivity index (χ2v) is 19.5. The van der Waals surface area contributed by atoms with Crippen molar-refractivity contribution >= 4 is 0 Å². The van der Waals surface area contributed by atoms with Gasteiger partial charge in [-0.2, -0.15) is 0 Å². The zero-order chi connectivity index (χ0) is 39.3. The van der Waals surface area contributed by atoms with Crippen molar-refractivity contribution in [2.45, 2.75) is 237 Å². The highest BCUT2D eigenvalue weighted by molar-refractivity contribution is 5.43. The van der Waals surface area contributed by atoms with Gasteiger partial charge >= 0.3 is 0 Å². The number of fused-ring (bicyclic) bond motifs is 2. The van der Waals surface area contributed by atoms with Crippen molar-refractivity contribution in [3.05, 3.63) is 71.5 Å². The van der Waals surface area contributed by atoms with Crippen LogP contribution in [0.1, 0.15) is 231 Å². The standard InChI is InChI=1S/C55H92N2/c1-2-11-19-30-44-52(55-51(40-24-15-7-1)43-27-18-10-6-14-22-35-47-57-55)48-36-28-23-29-37-49(39-33-32-38-48)53-45-31-20-12-5-9-17-26-42-50-41-25-16-8-3-4-13-21-34-46-56-54(50)53/h5,9,12,17,20,26,31,42,45,48-49,51-52,55-57H,1-4,6-8,10-11,13-16,18-19,21-25,27-30,32-41,43-44,46-47H2/b9-5?,12-5?,17-9?,20-12?,26-17-,31-20?,42-26?,45-31-,50-42-,53-45?,54-50?,54-53-. The van der Waals surface area contributed by atoms with E-state index < -0.39 is 0 Å². The molecule has 2 aliphatic heterocycles. The Bertz CT molecular complexity index is 1210. The van der Waals surface area contributed by atoms with Crippen molar-refractivity contribution in [3.8, 4) is 0 Å². The summed E-state index contributed by atoms with van der Waals surface area (Å²) in [5.74, 6) is 3.31. The lowest BCUT2D eigenvalue weighted by atomic mass is 9.71. The monoisotopic (exact) mass is 781 g/mol. The van der Waals surface area contributed by atoms with Gasteiger partial charge in [0.25, 0.3) is 0 Å². The smallest absolute Gasteiger partial charge is 0.0408 e. The average molecular weight is 781 g/mol. The van der Waals surface area contributed by atoms with Crippen LogP contribution >= 0.6 is 0 Å². The van der Waals surface area contributed by atoms with E-state index in [2.05, 4.69) is 65.3 Å². The predicted molar refractivity (Wildman–Crippen MR) is 252 cm³/mol. The molecule has 2 heterocycles. The normalized spacial score (nSPS) is 33.9. The first-order chi connectivity index (χ1) is 28.4. The Balaban J connectivity index is 1.37. The summed E-state index contributed by atoms with van der Waals surface area (Å²) < 4.78 is 0. The van der Waals surface area contributed by atoms with E-state index in [1.807, 2.05) is 0 Å². The minimum atomic E-state index is 0.637. The molecule has 2 N–H and O–H groups in total. The second-order valence-electron chi connectivity index (χ2n) is 19.5. The summed E-state index contributed by atoms with van der Waals surface area (Å²) in [5, 5.41) is 8.57. The zero-order valence-electron chi connectivity index (χ0n) is 37.5. The summed E-state index contributed by atoms with van der Waals surface area (Å²) in [6, 6.07) is 0.750. The van der Waals surface area contributed by atoms with Crippen LogP contribution in [0, 0.1) is 23.7 Å². The molecule has 57 heavy (non-hydrogen) atoms. The van der Waals surface area contributed by atoms with Gasteiger partial charge in [0.05, 0.1) is 0 Å². The van der Waals surface area contributed by atoms with E-state index in [9.17, 15) is 0 Å². The first-order valence-electron chi connectivity index (χ1n) is 26.0. The third kappa shape index (κ3) is 18.6. The number of rotatable bonds is 2. The molecule has 0 radical (unpaired) electrons. The minimum Gasteiger partial charge on any atom is -0.385 e. The average Bonchev–Trinajstić information content (AvgIpc) is 3.23. The van der Waals surface area contributed by atoms with Crippen molar-refractivity contribution in [2.75, 3.05) is 13.1 Å². The first kappa shape index (κ1) is 46.3. The highest BCUT2D eigenvalue weighted by Gasteiger charge is 2.34. The van der Waals surface area contributed by atoms with E-state index in [-0.39, 0.29) is 0 Å². The lowest BCUT2D eigenvalue weighted by Crippen LogP contribution is -2.46. The SMILES string of the molecule is C1=C\C=C/C=C2/CCCCCCCCCCN/C2=C(C2CCCCCC(C3CCCCCCCCCCC4CCCCCCCCCNC43)CCCC2)/C=C\C=C1. The fourth-order valence-electron chi connectivity index (χ4n) is 11.7. The van der Waals surface area contributed by atoms with Gasteiger partial charge in [0.1, 0.15) is 0 Å². The van der Waals surface area contributed by atoms with Gasteiger partial charge in [-0.3, -0.25) is 0 Å². The van der Waals surface area contributed by atoms with Crippen LogP contribution < -0.4 is 10.6 Å². The molecule has 2 heteroatoms. The fraction of sp³-hybridized carbons (Fsp3) is 0.782. The molecule has 2 saturated carbocycles. The number of nitrogens with one attached hydrogen (secondary N) is 2. The summed E-state index contributed by atoms with van der Waals surface area (Å²) in [5.41, 5.74) is 4.66. The van der Waals surface area contributed by atoms with Crippen molar-refractivity contribution in [3.63, 3.8) is 0 Å². The van der Waals surface area contributed by atoms with E-state index in [4.69, 9.17) is 0 Å². The molecule has 5 rings (SSSR count). The van der Waals surface area contributed by atoms with Crippen molar-refractivity contribution in [2.24, 2.45) is 23.7 Å². The van der Waals surface area contributed by atoms with Gasteiger partial charge in [-0.05, 0) is 99.1 Å². The molecular weight excluding hydrogens is 689 g/mol. The maximum atomic E-state index is 4.42. The van der Waals surface area contributed by atoms with Crippen LogP contribution in [0.3, 0.4) is 0 Å². The molecule has 0 aromatic rings. The lowest BCUT2D eigenvalue weighted by Gasteiger charge is -2.40. The van der Waals surface area contributed by atoms with Crippen molar-refractivity contribution in [1.82, 2.24) is 10.6 Å². The molecule has 4 fully saturated rings. The summed E-state index contributed by atoms with van der Waals surface area (Å²) in [7, 11) is 0. The van der Waals surface area contributed by atoms with Crippen LogP contribution in [0.25, 0.3) is 0 Å². The predicted octanol–water partition coefficient (Wildman–Crippen LogP) is 16.5. The van der Waals surface area contributed by atoms with Gasteiger partial charge < -0.3 is 10.6 Å². The Kier molecular flexibility index (Phi) is 24.6. The third-order valence-corrected chi connectivity index (χ3v) is 15.0. The quantitative estimate of drug-likeness (QED) is 0.292. The van der Waals surface area contributed by atoms with E-state index >= 15 is 0 Å². The van der Waals surface area contributed by atoms with Gasteiger partial charge in [-0.1, -0.05) is 228 Å². The van der Waals surface area contributed by atoms with Crippen LogP contribution in [-0.4, -0.2) is 19.1 Å². The molecule has 5 atom stereocenters. The fourth-order valence-corrected chi connectivity index (χ4v) is 11.7. The Hall–Kier alpha value is -1.80. The van der Waals surface area contributed by atoms with Crippen LogP contribution in [0.2, 0.25) is 0 Å². The van der Waals surface area contributed by atoms with Gasteiger partial charge in [-0.25, -0.2) is 0 Å². The molecule has 5 unspecified atom stereocenters. The number of hydrogen-bond acceptors (Lipinski definition) is 2. The zero-order valence-corrected chi connectivity index (χ0v) is 37.5. The molecule has 0 aromatic heterocycles. The minimum absolute atomic E-state index is 0.637. The Morgan fingerprint density at radius 1 is 0.368 bits per heavy atom. The summed E-state index contributed by atoms with van der Waals surface area (Å²) in [6.07, 6.45) is 72.0. The summed E-state index contributed by atoms with van der Waals surface area (Å²) in [6.45, 7) is 2.37. The van der Waals surface area contributed by atoms with E-state index in [0.29, 0.717) is 5.92 Å². The van der Waals surface area contributed by atoms with Gasteiger partial charge in [0.2, 0.25) is 0 Å². The van der Waals surface area contributed by atoms with Crippen LogP contribution in [0.4, 0.5) is 0 Å². The van der Waals surface area contributed by atoms with Crippen molar-refractivity contribution < 1.29 is 0 Å². The molecule has 2 nitrogen and oxygen atoms in total. The lowest BCUT2D eigenvalue weighted by molar-refractivity contribution is 0.141. The van der Waals surface area contributed by atoms with Gasteiger partial charge in [0.15, 0.2) is 0 Å². The molecule has 0 amide bonds. The number of allylic oxidation sites excluding steroid dienone is 11. The molecule has 0 bridgehead atoms. The van der Waals surface area contributed by atoms with Crippen molar-refractivity contribution in [1.29, 1.82) is 0 Å². The highest BCUT2D eigenvalue weighted by atomic mass is 14.9. The van der Waals surface area contributed by atoms with Crippen LogP contribution in [0.5, 0.6) is 0 Å². The van der Waals surface area contributed by atoms with Gasteiger partial charge in [-0.15, -0.1) is 0 Å². The molecule has 322 valence electrons. The van der Waals surface area contributed by atoms with E-state index in [1.165, 1.54) is 243 Å². The van der Waals surface area contributed by atoms with Gasteiger partial charge in [0, 0.05) is 18.3 Å². The molecule has 0 spiro atoms. The topological polar surface area (TPSA) is 24.1 Å². The largest absolute Gasteiger partial charge is 0.385 e. The first-order valence-corrected chi connectivity index (χ1v) is 26.0. The molecule has 5 aliphatic rings. The Morgan fingerprint density at radius 3 is 1.46 bits per heavy atom. The molecule has 0 aromatic carbocycles. The molecular formula is C55H92N2. The summed E-state index contributed by atoms with van der Waals surface area (Å²) >= 11 is 0.